The van der Waals surface area contributed by atoms with Crippen LogP contribution in [0.5, 0.6) is 0 Å². The zero-order valence-corrected chi connectivity index (χ0v) is 12.4. The van der Waals surface area contributed by atoms with Crippen molar-refractivity contribution in [1.29, 1.82) is 0 Å². The summed E-state index contributed by atoms with van der Waals surface area (Å²) in [4.78, 5) is 35.3. The van der Waals surface area contributed by atoms with Gasteiger partial charge in [-0.05, 0) is 36.4 Å². The van der Waals surface area contributed by atoms with Crippen LogP contribution in [-0.2, 0) is 0 Å². The van der Waals surface area contributed by atoms with Crippen LogP contribution in [0, 0.1) is 0 Å². The molecule has 23 heavy (non-hydrogen) atoms. The van der Waals surface area contributed by atoms with Crippen LogP contribution in [0.15, 0.2) is 52.1 Å². The van der Waals surface area contributed by atoms with Crippen molar-refractivity contribution >= 4 is 39.8 Å². The van der Waals surface area contributed by atoms with E-state index in [2.05, 4.69) is 20.8 Å². The number of halogens is 1. The largest absolute Gasteiger partial charge is 0.323 e. The Balaban J connectivity index is 1.84. The first kappa shape index (κ1) is 14.9. The average Bonchev–Trinajstić information content (AvgIpc) is 2.51. The maximum absolute atomic E-state index is 12.0. The minimum absolute atomic E-state index is 0.189. The van der Waals surface area contributed by atoms with Crippen molar-refractivity contribution in [1.82, 2.24) is 10.2 Å². The lowest BCUT2D eigenvalue weighted by Gasteiger charge is -2.08. The number of aromatic nitrogens is 2. The molecule has 7 nitrogen and oxygen atoms in total. The summed E-state index contributed by atoms with van der Waals surface area (Å²) in [6, 6.07) is 10.6. The quantitative estimate of drug-likeness (QED) is 0.580. The SMILES string of the molecule is O=C(Nc1cccc(Cl)c1)Nc1ccc2c(=O)[nH][nH]c(=O)c2c1. The summed E-state index contributed by atoms with van der Waals surface area (Å²) >= 11 is 5.84. The Kier molecular flexibility index (Phi) is 3.86. The number of aromatic amines is 2. The number of hydrogen-bond donors (Lipinski definition) is 4. The number of carbonyl (C=O) groups excluding carboxylic acids is 1. The molecule has 0 aliphatic carbocycles. The Morgan fingerprint density at radius 3 is 2.22 bits per heavy atom. The summed E-state index contributed by atoms with van der Waals surface area (Å²) in [5.74, 6) is 0. The molecule has 2 aromatic carbocycles. The Bertz CT molecular complexity index is 1010. The predicted molar refractivity (Wildman–Crippen MR) is 89.3 cm³/mol. The second-order valence-electron chi connectivity index (χ2n) is 4.76. The van der Waals surface area contributed by atoms with Gasteiger partial charge in [0, 0.05) is 16.4 Å². The van der Waals surface area contributed by atoms with Crippen LogP contribution in [0.25, 0.3) is 10.8 Å². The first-order chi connectivity index (χ1) is 11.0. The van der Waals surface area contributed by atoms with Gasteiger partial charge in [-0.25, -0.2) is 4.79 Å². The van der Waals surface area contributed by atoms with Gasteiger partial charge in [-0.15, -0.1) is 0 Å². The highest BCUT2D eigenvalue weighted by atomic mass is 35.5. The van der Waals surface area contributed by atoms with E-state index in [0.717, 1.165) is 0 Å². The number of rotatable bonds is 2. The maximum Gasteiger partial charge on any atom is 0.323 e. The molecule has 0 bridgehead atoms. The molecule has 0 spiro atoms. The molecule has 8 heteroatoms. The topological polar surface area (TPSA) is 107 Å². The Hall–Kier alpha value is -3.06. The van der Waals surface area contributed by atoms with E-state index in [0.29, 0.717) is 16.4 Å². The van der Waals surface area contributed by atoms with Crippen LogP contribution >= 0.6 is 11.6 Å². The van der Waals surface area contributed by atoms with Gasteiger partial charge in [0.2, 0.25) is 0 Å². The summed E-state index contributed by atoms with van der Waals surface area (Å²) in [7, 11) is 0. The normalized spacial score (nSPS) is 10.5. The summed E-state index contributed by atoms with van der Waals surface area (Å²) in [5.41, 5.74) is 0.0613. The molecule has 116 valence electrons. The third-order valence-corrected chi connectivity index (χ3v) is 3.37. The van der Waals surface area contributed by atoms with E-state index in [1.165, 1.54) is 18.2 Å². The monoisotopic (exact) mass is 330 g/mol. The molecule has 0 saturated heterocycles. The second kappa shape index (κ2) is 5.98. The second-order valence-corrected chi connectivity index (χ2v) is 5.19. The lowest BCUT2D eigenvalue weighted by molar-refractivity contribution is 0.262. The lowest BCUT2D eigenvalue weighted by atomic mass is 10.2. The van der Waals surface area contributed by atoms with Crippen molar-refractivity contribution in [2.24, 2.45) is 0 Å². The number of anilines is 2. The fourth-order valence-corrected chi connectivity index (χ4v) is 2.31. The van der Waals surface area contributed by atoms with Crippen molar-refractivity contribution < 1.29 is 4.79 Å². The first-order valence-electron chi connectivity index (χ1n) is 6.61. The van der Waals surface area contributed by atoms with E-state index >= 15 is 0 Å². The van der Waals surface area contributed by atoms with Crippen LogP contribution in [0.2, 0.25) is 5.02 Å². The van der Waals surface area contributed by atoms with E-state index in [9.17, 15) is 14.4 Å². The molecule has 0 unspecified atom stereocenters. The molecular weight excluding hydrogens is 320 g/mol. The van der Waals surface area contributed by atoms with E-state index in [1.54, 1.807) is 24.3 Å². The van der Waals surface area contributed by atoms with E-state index < -0.39 is 17.1 Å². The zero-order chi connectivity index (χ0) is 16.4. The number of urea groups is 1. The van der Waals surface area contributed by atoms with Gasteiger partial charge in [0.1, 0.15) is 0 Å². The Labute approximate surface area is 134 Å². The highest BCUT2D eigenvalue weighted by Gasteiger charge is 2.07. The highest BCUT2D eigenvalue weighted by molar-refractivity contribution is 6.30. The van der Waals surface area contributed by atoms with E-state index in [4.69, 9.17) is 11.6 Å². The van der Waals surface area contributed by atoms with Gasteiger partial charge in [0.25, 0.3) is 11.1 Å². The van der Waals surface area contributed by atoms with Crippen LogP contribution in [0.3, 0.4) is 0 Å². The summed E-state index contributed by atoms with van der Waals surface area (Å²) in [5, 5.41) is 10.6. The average molecular weight is 331 g/mol. The molecule has 0 atom stereocenters. The van der Waals surface area contributed by atoms with Gasteiger partial charge in [-0.3, -0.25) is 19.8 Å². The van der Waals surface area contributed by atoms with Gasteiger partial charge < -0.3 is 10.6 Å². The fraction of sp³-hybridized carbons (Fsp3) is 0. The molecule has 0 saturated carbocycles. The minimum Gasteiger partial charge on any atom is -0.308 e. The van der Waals surface area contributed by atoms with Crippen LogP contribution in [0.4, 0.5) is 16.2 Å². The summed E-state index contributed by atoms with van der Waals surface area (Å²) < 4.78 is 0. The molecule has 1 heterocycles. The molecular formula is C15H11ClN4O3. The number of hydrogen-bond acceptors (Lipinski definition) is 3. The van der Waals surface area contributed by atoms with Gasteiger partial charge in [0.05, 0.1) is 10.8 Å². The van der Waals surface area contributed by atoms with Gasteiger partial charge in [0.15, 0.2) is 0 Å². The number of nitrogens with one attached hydrogen (secondary N) is 4. The van der Waals surface area contributed by atoms with Crippen LogP contribution in [-0.4, -0.2) is 16.2 Å². The fourth-order valence-electron chi connectivity index (χ4n) is 2.12. The first-order valence-corrected chi connectivity index (χ1v) is 6.99. The van der Waals surface area contributed by atoms with Gasteiger partial charge in [-0.1, -0.05) is 17.7 Å². The number of H-pyrrole nitrogens is 2. The standard InChI is InChI=1S/C15H11ClN4O3/c16-8-2-1-3-9(6-8)17-15(23)18-10-4-5-11-12(7-10)14(22)20-19-13(11)21/h1-7H,(H,19,21)(H,20,22)(H2,17,18,23). The third-order valence-electron chi connectivity index (χ3n) is 3.14. The van der Waals surface area contributed by atoms with Crippen molar-refractivity contribution in [3.8, 4) is 0 Å². The predicted octanol–water partition coefficient (Wildman–Crippen LogP) is 2.51. The Morgan fingerprint density at radius 1 is 0.870 bits per heavy atom. The maximum atomic E-state index is 12.0. The number of amides is 2. The van der Waals surface area contributed by atoms with Crippen molar-refractivity contribution in [3.05, 3.63) is 68.2 Å². The number of benzene rings is 2. The van der Waals surface area contributed by atoms with Crippen LogP contribution in [0.1, 0.15) is 0 Å². The molecule has 4 N–H and O–H groups in total. The molecule has 0 aliphatic heterocycles. The zero-order valence-electron chi connectivity index (χ0n) is 11.6. The van der Waals surface area contributed by atoms with Gasteiger partial charge >= 0.3 is 6.03 Å². The van der Waals surface area contributed by atoms with Crippen LogP contribution < -0.4 is 21.8 Å². The van der Waals surface area contributed by atoms with E-state index in [-0.39, 0.29) is 10.8 Å². The summed E-state index contributed by atoms with van der Waals surface area (Å²) in [6.07, 6.45) is 0. The third kappa shape index (κ3) is 3.24. The molecule has 0 aliphatic rings. The minimum atomic E-state index is -0.493. The molecule has 3 aromatic rings. The van der Waals surface area contributed by atoms with Crippen molar-refractivity contribution in [2.75, 3.05) is 10.6 Å². The Morgan fingerprint density at radius 2 is 1.52 bits per heavy atom. The van der Waals surface area contributed by atoms with Crippen molar-refractivity contribution in [2.45, 2.75) is 0 Å². The number of carbonyl (C=O) groups is 1. The smallest absolute Gasteiger partial charge is 0.308 e. The van der Waals surface area contributed by atoms with Crippen molar-refractivity contribution in [3.63, 3.8) is 0 Å². The molecule has 1 aromatic heterocycles. The highest BCUT2D eigenvalue weighted by Crippen LogP contribution is 2.16. The summed E-state index contributed by atoms with van der Waals surface area (Å²) in [6.45, 7) is 0. The van der Waals surface area contributed by atoms with Gasteiger partial charge in [-0.2, -0.15) is 0 Å². The molecule has 3 rings (SSSR count). The number of fused-ring (bicyclic) bond motifs is 1. The van der Waals surface area contributed by atoms with E-state index in [1.807, 2.05) is 0 Å². The lowest BCUT2D eigenvalue weighted by Crippen LogP contribution is -2.21. The molecule has 2 amide bonds. The molecule has 0 radical (unpaired) electrons. The molecule has 0 fully saturated rings.